The molecule has 0 saturated carbocycles. The quantitative estimate of drug-likeness (QED) is 0.172. The van der Waals surface area contributed by atoms with Gasteiger partial charge in [0.1, 0.15) is 0 Å². The molecular formula is C37H35N5. The van der Waals surface area contributed by atoms with Crippen LogP contribution in [-0.2, 0) is 19.3 Å². The summed E-state index contributed by atoms with van der Waals surface area (Å²) >= 11 is 0. The number of hydrogen-bond donors (Lipinski definition) is 3. The number of nitrogen functional groups attached to an aromatic ring is 1. The Labute approximate surface area is 247 Å². The van der Waals surface area contributed by atoms with Crippen molar-refractivity contribution in [2.24, 2.45) is 0 Å². The third-order valence-corrected chi connectivity index (χ3v) is 7.90. The van der Waals surface area contributed by atoms with Crippen molar-refractivity contribution in [3.63, 3.8) is 0 Å². The highest BCUT2D eigenvalue weighted by molar-refractivity contribution is 5.77. The van der Waals surface area contributed by atoms with Crippen molar-refractivity contribution in [2.45, 2.75) is 32.6 Å². The minimum absolute atomic E-state index is 0.498. The maximum atomic E-state index is 6.37. The summed E-state index contributed by atoms with van der Waals surface area (Å²) in [5, 5.41) is 6.89. The van der Waals surface area contributed by atoms with E-state index in [1.807, 2.05) is 48.5 Å². The van der Waals surface area contributed by atoms with Gasteiger partial charge in [0.2, 0.25) is 0 Å². The maximum absolute atomic E-state index is 6.37. The zero-order valence-corrected chi connectivity index (χ0v) is 24.0. The molecule has 0 saturated heterocycles. The number of aryl methyl sites for hydroxylation is 2. The largest absolute Gasteiger partial charge is 0.397 e. The average molecular weight is 550 g/mol. The Hall–Kier alpha value is -5.16. The van der Waals surface area contributed by atoms with E-state index in [0.717, 1.165) is 45.3 Å². The zero-order valence-electron chi connectivity index (χ0n) is 24.0. The first-order valence-corrected chi connectivity index (χ1v) is 14.3. The lowest BCUT2D eigenvalue weighted by molar-refractivity contribution is 0.912. The lowest BCUT2D eigenvalue weighted by Gasteiger charge is -2.17. The average Bonchev–Trinajstić information content (AvgIpc) is 3.48. The molecule has 6 rings (SSSR count). The summed E-state index contributed by atoms with van der Waals surface area (Å²) in [6.45, 7) is 10.6. The van der Waals surface area contributed by atoms with Crippen molar-refractivity contribution in [3.8, 4) is 22.4 Å². The normalized spacial score (nSPS) is 12.0. The number of nitrogens with zero attached hydrogens (tertiary/aromatic N) is 2. The molecule has 3 aromatic carbocycles. The molecule has 2 aromatic heterocycles. The molecule has 4 N–H and O–H groups in total. The number of aromatic nitrogens is 2. The fourth-order valence-corrected chi connectivity index (χ4v) is 5.61. The van der Waals surface area contributed by atoms with E-state index in [1.165, 1.54) is 47.1 Å². The van der Waals surface area contributed by atoms with Crippen LogP contribution in [0.3, 0.4) is 0 Å². The number of allylic oxidation sites excluding steroid dienone is 1. The zero-order chi connectivity index (χ0) is 29.1. The number of anilines is 3. The van der Waals surface area contributed by atoms with Gasteiger partial charge < -0.3 is 16.4 Å². The van der Waals surface area contributed by atoms with Crippen LogP contribution in [0.15, 0.2) is 116 Å². The molecule has 42 heavy (non-hydrogen) atoms. The van der Waals surface area contributed by atoms with E-state index >= 15 is 0 Å². The van der Waals surface area contributed by atoms with E-state index < -0.39 is 0 Å². The van der Waals surface area contributed by atoms with Crippen LogP contribution >= 0.6 is 0 Å². The van der Waals surface area contributed by atoms with Crippen molar-refractivity contribution in [2.75, 3.05) is 16.4 Å². The molecule has 5 nitrogen and oxygen atoms in total. The number of pyridine rings is 2. The van der Waals surface area contributed by atoms with Crippen LogP contribution in [-0.4, -0.2) is 9.97 Å². The van der Waals surface area contributed by atoms with Crippen molar-refractivity contribution < 1.29 is 0 Å². The van der Waals surface area contributed by atoms with Crippen LogP contribution in [0.5, 0.6) is 0 Å². The summed E-state index contributed by atoms with van der Waals surface area (Å²) in [4.78, 5) is 9.34. The molecule has 208 valence electrons. The third kappa shape index (κ3) is 5.81. The first-order valence-electron chi connectivity index (χ1n) is 14.3. The SMILES string of the molecule is C=C(Cc1nc(-c2cncc(NC(=C)c3ccccc3)c2)ccc1N)Nc1cccc(-c2ccc3c(c2)CCC3)c1C. The van der Waals surface area contributed by atoms with Crippen LogP contribution in [0.2, 0.25) is 0 Å². The van der Waals surface area contributed by atoms with Gasteiger partial charge in [-0.1, -0.05) is 73.8 Å². The Morgan fingerprint density at radius 2 is 1.67 bits per heavy atom. The van der Waals surface area contributed by atoms with E-state index in [4.69, 9.17) is 10.7 Å². The van der Waals surface area contributed by atoms with E-state index in [0.29, 0.717) is 12.1 Å². The number of nitrogens with one attached hydrogen (secondary N) is 2. The number of rotatable bonds is 9. The maximum Gasteiger partial charge on any atom is 0.0723 e. The summed E-state index contributed by atoms with van der Waals surface area (Å²) in [6, 6.07) is 29.1. The van der Waals surface area contributed by atoms with E-state index in [1.54, 1.807) is 12.4 Å². The minimum atomic E-state index is 0.498. The lowest BCUT2D eigenvalue weighted by atomic mass is 9.96. The smallest absolute Gasteiger partial charge is 0.0723 e. The number of fused-ring (bicyclic) bond motifs is 1. The first kappa shape index (κ1) is 27.0. The summed E-state index contributed by atoms with van der Waals surface area (Å²) in [7, 11) is 0. The summed E-state index contributed by atoms with van der Waals surface area (Å²) in [5.41, 5.74) is 20.6. The van der Waals surface area contributed by atoms with Crippen molar-refractivity contribution in [1.82, 2.24) is 9.97 Å². The minimum Gasteiger partial charge on any atom is -0.397 e. The molecule has 0 aliphatic heterocycles. The summed E-state index contributed by atoms with van der Waals surface area (Å²) in [6.07, 6.45) is 7.70. The van der Waals surface area contributed by atoms with Crippen LogP contribution in [0.1, 0.15) is 34.4 Å². The van der Waals surface area contributed by atoms with Gasteiger partial charge in [-0.05, 0) is 83.8 Å². The van der Waals surface area contributed by atoms with E-state index in [9.17, 15) is 0 Å². The van der Waals surface area contributed by atoms with Crippen LogP contribution in [0.25, 0.3) is 28.1 Å². The van der Waals surface area contributed by atoms with Gasteiger partial charge in [-0.2, -0.15) is 0 Å². The molecule has 0 amide bonds. The molecule has 2 heterocycles. The van der Waals surface area contributed by atoms with Crippen molar-refractivity contribution in [3.05, 3.63) is 144 Å². The monoisotopic (exact) mass is 549 g/mol. The third-order valence-electron chi connectivity index (χ3n) is 7.90. The molecule has 0 spiro atoms. The van der Waals surface area contributed by atoms with Crippen LogP contribution < -0.4 is 16.4 Å². The number of hydrogen-bond acceptors (Lipinski definition) is 5. The van der Waals surface area contributed by atoms with Gasteiger partial charge in [-0.15, -0.1) is 0 Å². The molecule has 0 unspecified atom stereocenters. The molecule has 0 fully saturated rings. The molecule has 1 aliphatic rings. The fraction of sp³-hybridized carbons (Fsp3) is 0.135. The van der Waals surface area contributed by atoms with Gasteiger partial charge in [-0.3, -0.25) is 9.97 Å². The Morgan fingerprint density at radius 1 is 0.833 bits per heavy atom. The Balaban J connectivity index is 1.18. The summed E-state index contributed by atoms with van der Waals surface area (Å²) < 4.78 is 0. The fourth-order valence-electron chi connectivity index (χ4n) is 5.61. The molecule has 0 atom stereocenters. The highest BCUT2D eigenvalue weighted by atomic mass is 14.9. The first-order chi connectivity index (χ1) is 20.4. The lowest BCUT2D eigenvalue weighted by Crippen LogP contribution is -2.07. The van der Waals surface area contributed by atoms with Gasteiger partial charge in [0.25, 0.3) is 0 Å². The predicted octanol–water partition coefficient (Wildman–Crippen LogP) is 8.44. The van der Waals surface area contributed by atoms with Crippen LogP contribution in [0, 0.1) is 6.92 Å². The topological polar surface area (TPSA) is 75.9 Å². The highest BCUT2D eigenvalue weighted by Gasteiger charge is 2.14. The molecule has 0 radical (unpaired) electrons. The van der Waals surface area contributed by atoms with Gasteiger partial charge in [-0.25, -0.2) is 0 Å². The van der Waals surface area contributed by atoms with Gasteiger partial charge in [0.15, 0.2) is 0 Å². The van der Waals surface area contributed by atoms with E-state index in [-0.39, 0.29) is 0 Å². The molecular weight excluding hydrogens is 514 g/mol. The molecule has 5 heteroatoms. The number of nitrogens with two attached hydrogens (primary N) is 1. The number of benzene rings is 3. The van der Waals surface area contributed by atoms with E-state index in [2.05, 4.69) is 72.1 Å². The Kier molecular flexibility index (Phi) is 7.56. The molecule has 5 aromatic rings. The molecule has 1 aliphatic carbocycles. The summed E-state index contributed by atoms with van der Waals surface area (Å²) in [5.74, 6) is 0. The standard InChI is InChI=1S/C37H35N5/c1-24(40-35-14-8-13-33(25(35)2)30-16-15-28-11-7-12-29(28)20-30)19-37-34(38)17-18-36(42-37)31-21-32(23-39-22-31)41-26(3)27-9-5-4-6-10-27/h4-6,8-10,13-18,20-23,40-41H,1,3,7,11-12,19,38H2,2H3. The second kappa shape index (κ2) is 11.8. The Bertz CT molecular complexity index is 1790. The van der Waals surface area contributed by atoms with Crippen LogP contribution in [0.4, 0.5) is 17.1 Å². The van der Waals surface area contributed by atoms with Crippen molar-refractivity contribution in [1.29, 1.82) is 0 Å². The predicted molar refractivity (Wildman–Crippen MR) is 176 cm³/mol. The van der Waals surface area contributed by atoms with Gasteiger partial charge in [0, 0.05) is 35.3 Å². The van der Waals surface area contributed by atoms with Gasteiger partial charge >= 0.3 is 0 Å². The van der Waals surface area contributed by atoms with Crippen molar-refractivity contribution >= 4 is 22.8 Å². The molecule has 0 bridgehead atoms. The Morgan fingerprint density at radius 3 is 2.52 bits per heavy atom. The highest BCUT2D eigenvalue weighted by Crippen LogP contribution is 2.33. The van der Waals surface area contributed by atoms with Gasteiger partial charge in [0.05, 0.1) is 29.0 Å². The second-order valence-electron chi connectivity index (χ2n) is 10.9. The second-order valence-corrected chi connectivity index (χ2v) is 10.9.